The lowest BCUT2D eigenvalue weighted by Gasteiger charge is -2.15. The van der Waals surface area contributed by atoms with Gasteiger partial charge in [0.05, 0.1) is 17.5 Å². The van der Waals surface area contributed by atoms with Crippen LogP contribution in [0.5, 0.6) is 0 Å². The van der Waals surface area contributed by atoms with Crippen LogP contribution in [0.2, 0.25) is 0 Å². The zero-order valence-electron chi connectivity index (χ0n) is 16.3. The van der Waals surface area contributed by atoms with Crippen molar-refractivity contribution in [3.05, 3.63) is 42.1 Å². The minimum atomic E-state index is -0.306. The topological polar surface area (TPSA) is 84.7 Å². The fraction of sp³-hybridized carbons (Fsp3) is 0.368. The number of hydrogen-bond acceptors (Lipinski definition) is 7. The molecule has 2 aromatic heterocycles. The summed E-state index contributed by atoms with van der Waals surface area (Å²) in [6.45, 7) is 8.07. The first kappa shape index (κ1) is 20.3. The molecule has 0 aliphatic rings. The predicted molar refractivity (Wildman–Crippen MR) is 116 cm³/mol. The molecule has 0 fully saturated rings. The van der Waals surface area contributed by atoms with Gasteiger partial charge in [-0.1, -0.05) is 42.2 Å². The monoisotopic (exact) mass is 416 g/mol. The van der Waals surface area contributed by atoms with Gasteiger partial charge in [-0.25, -0.2) is 4.68 Å². The van der Waals surface area contributed by atoms with Crippen molar-refractivity contribution < 1.29 is 4.79 Å². The van der Waals surface area contributed by atoms with E-state index in [4.69, 9.17) is 0 Å². The zero-order valence-corrected chi connectivity index (χ0v) is 18.0. The van der Waals surface area contributed by atoms with Crippen LogP contribution in [-0.4, -0.2) is 31.1 Å². The average molecular weight is 417 g/mol. The number of thioether (sulfide) groups is 1. The minimum Gasteiger partial charge on any atom is -0.330 e. The number of rotatable bonds is 8. The molecule has 2 atom stereocenters. The lowest BCUT2D eigenvalue weighted by molar-refractivity contribution is -0.115. The molecule has 0 aliphatic heterocycles. The number of benzene rings is 1. The summed E-state index contributed by atoms with van der Waals surface area (Å²) in [5.41, 5.74) is 2.14. The van der Waals surface area contributed by atoms with Gasteiger partial charge < -0.3 is 10.6 Å². The number of aryl methyl sites for hydroxylation is 1. The van der Waals surface area contributed by atoms with Gasteiger partial charge in [0, 0.05) is 11.8 Å². The Hall–Kier alpha value is -2.39. The van der Waals surface area contributed by atoms with Gasteiger partial charge in [-0.05, 0) is 44.9 Å². The molecule has 0 spiro atoms. The van der Waals surface area contributed by atoms with Gasteiger partial charge in [-0.2, -0.15) is 5.10 Å². The molecule has 3 aromatic rings. The molecule has 7 nitrogen and oxygen atoms in total. The summed E-state index contributed by atoms with van der Waals surface area (Å²) in [6, 6.07) is 10.1. The van der Waals surface area contributed by atoms with Crippen molar-refractivity contribution in [2.75, 3.05) is 10.6 Å². The number of hydrogen-bond donors (Lipinski definition) is 2. The van der Waals surface area contributed by atoms with E-state index in [1.165, 1.54) is 28.7 Å². The molecule has 3 rings (SSSR count). The Balaban J connectivity index is 1.59. The van der Waals surface area contributed by atoms with Crippen molar-refractivity contribution in [1.82, 2.24) is 20.0 Å². The number of nitrogens with zero attached hydrogens (tertiary/aromatic N) is 4. The third kappa shape index (κ3) is 5.11. The van der Waals surface area contributed by atoms with Crippen LogP contribution in [0.25, 0.3) is 0 Å². The second-order valence-electron chi connectivity index (χ2n) is 6.54. The molecule has 0 bridgehead atoms. The molecule has 0 radical (unpaired) electrons. The summed E-state index contributed by atoms with van der Waals surface area (Å²) in [4.78, 5) is 12.6. The first-order valence-corrected chi connectivity index (χ1v) is 10.8. The fourth-order valence-corrected chi connectivity index (χ4v) is 4.44. The van der Waals surface area contributed by atoms with Gasteiger partial charge in [-0.3, -0.25) is 4.79 Å². The number of amides is 1. The third-order valence-electron chi connectivity index (χ3n) is 4.25. The Kier molecular flexibility index (Phi) is 6.69. The number of carbonyl (C=O) groups is 1. The van der Waals surface area contributed by atoms with Crippen molar-refractivity contribution in [3.63, 3.8) is 0 Å². The second kappa shape index (κ2) is 9.20. The summed E-state index contributed by atoms with van der Waals surface area (Å²) in [5.74, 6) is 0.629. The number of anilines is 3. The summed E-state index contributed by atoms with van der Waals surface area (Å²) in [7, 11) is 0. The van der Waals surface area contributed by atoms with Crippen LogP contribution >= 0.6 is 23.1 Å². The van der Waals surface area contributed by atoms with Crippen molar-refractivity contribution in [2.45, 2.75) is 49.7 Å². The maximum Gasteiger partial charge on any atom is 0.238 e. The molecule has 0 aliphatic carbocycles. The van der Waals surface area contributed by atoms with E-state index in [1.807, 2.05) is 48.9 Å². The maximum absolute atomic E-state index is 12.6. The highest BCUT2D eigenvalue weighted by atomic mass is 32.2. The van der Waals surface area contributed by atoms with E-state index in [2.05, 4.69) is 39.8 Å². The highest BCUT2D eigenvalue weighted by molar-refractivity contribution is 8.02. The Morgan fingerprint density at radius 1 is 1.29 bits per heavy atom. The van der Waals surface area contributed by atoms with Crippen molar-refractivity contribution in [2.24, 2.45) is 0 Å². The Morgan fingerprint density at radius 2 is 2.11 bits per heavy atom. The van der Waals surface area contributed by atoms with Crippen molar-refractivity contribution in [1.29, 1.82) is 0 Å². The van der Waals surface area contributed by atoms with Crippen LogP contribution in [0.4, 0.5) is 16.6 Å². The van der Waals surface area contributed by atoms with Crippen LogP contribution < -0.4 is 10.6 Å². The summed E-state index contributed by atoms with van der Waals surface area (Å²) in [6.07, 6.45) is 2.64. The molecule has 0 unspecified atom stereocenters. The first-order valence-electron chi connectivity index (χ1n) is 9.14. The summed E-state index contributed by atoms with van der Waals surface area (Å²) < 4.78 is 2.58. The normalized spacial score (nSPS) is 13.1. The third-order valence-corrected chi connectivity index (χ3v) is 6.28. The molecule has 1 aromatic carbocycles. The van der Waals surface area contributed by atoms with E-state index in [0.29, 0.717) is 10.9 Å². The van der Waals surface area contributed by atoms with E-state index in [0.717, 1.165) is 16.4 Å². The van der Waals surface area contributed by atoms with Gasteiger partial charge >= 0.3 is 0 Å². The lowest BCUT2D eigenvalue weighted by Crippen LogP contribution is -2.24. The molecule has 1 amide bonds. The quantitative estimate of drug-likeness (QED) is 0.509. The van der Waals surface area contributed by atoms with Crippen molar-refractivity contribution >= 4 is 45.6 Å². The number of aromatic nitrogens is 4. The van der Waals surface area contributed by atoms with E-state index < -0.39 is 0 Å². The van der Waals surface area contributed by atoms with E-state index in [1.54, 1.807) is 6.20 Å². The fourth-order valence-electron chi connectivity index (χ4n) is 2.52. The highest BCUT2D eigenvalue weighted by Crippen LogP contribution is 2.31. The number of carbonyl (C=O) groups excluding carboxylic acids is 1. The predicted octanol–water partition coefficient (Wildman–Crippen LogP) is 4.88. The van der Waals surface area contributed by atoms with Gasteiger partial charge in [-0.15, -0.1) is 10.2 Å². The molecule has 2 heterocycles. The molecule has 148 valence electrons. The highest BCUT2D eigenvalue weighted by Gasteiger charge is 2.19. The van der Waals surface area contributed by atoms with Crippen LogP contribution in [0, 0.1) is 6.92 Å². The molecule has 2 N–H and O–H groups in total. The average Bonchev–Trinajstić information content (AvgIpc) is 3.30. The van der Waals surface area contributed by atoms with E-state index >= 15 is 0 Å². The molecular formula is C19H24N6OS2. The Morgan fingerprint density at radius 3 is 2.86 bits per heavy atom. The lowest BCUT2D eigenvalue weighted by atomic mass is 10.2. The van der Waals surface area contributed by atoms with E-state index in [-0.39, 0.29) is 17.2 Å². The van der Waals surface area contributed by atoms with Gasteiger partial charge in [0.2, 0.25) is 11.0 Å². The van der Waals surface area contributed by atoms with Crippen molar-refractivity contribution in [3.8, 4) is 0 Å². The summed E-state index contributed by atoms with van der Waals surface area (Å²) in [5, 5.41) is 19.3. The van der Waals surface area contributed by atoms with Gasteiger partial charge in [0.1, 0.15) is 5.82 Å². The molecule has 28 heavy (non-hydrogen) atoms. The van der Waals surface area contributed by atoms with Gasteiger partial charge in [0.15, 0.2) is 4.34 Å². The molecule has 0 saturated carbocycles. The molecular weight excluding hydrogens is 392 g/mol. The second-order valence-corrected chi connectivity index (χ2v) is 9.10. The van der Waals surface area contributed by atoms with Crippen LogP contribution in [-0.2, 0) is 4.79 Å². The largest absolute Gasteiger partial charge is 0.330 e. The van der Waals surface area contributed by atoms with E-state index in [9.17, 15) is 4.79 Å². The maximum atomic E-state index is 12.6. The minimum absolute atomic E-state index is 0.0848. The van der Waals surface area contributed by atoms with Gasteiger partial charge in [0.25, 0.3) is 0 Å². The molecule has 0 saturated heterocycles. The van der Waals surface area contributed by atoms with Crippen LogP contribution in [0.3, 0.4) is 0 Å². The summed E-state index contributed by atoms with van der Waals surface area (Å²) >= 11 is 2.82. The van der Waals surface area contributed by atoms with Crippen LogP contribution in [0.15, 0.2) is 40.9 Å². The smallest absolute Gasteiger partial charge is 0.238 e. The Bertz CT molecular complexity index is 938. The van der Waals surface area contributed by atoms with Crippen LogP contribution in [0.1, 0.15) is 38.8 Å². The number of nitrogens with one attached hydrogen (secondary N) is 2. The standard InChI is InChI=1S/C19H24N6OS2/c1-5-13(3)25-16(9-10-20-25)22-17(26)14(4)27-19-24-23-18(28-19)21-15-8-6-7-12(2)11-15/h6-11,13-14H,5H2,1-4H3,(H,21,23)(H,22,26)/t13-,14-/m1/s1. The SMILES string of the molecule is CC[C@@H](C)n1nccc1NC(=O)[C@@H](C)Sc1nnc(Nc2cccc(C)c2)s1. The zero-order chi connectivity index (χ0) is 20.1. The molecule has 9 heteroatoms. The Labute approximate surface area is 173 Å². The first-order chi connectivity index (χ1) is 13.5.